The number of rotatable bonds is 5. The van der Waals surface area contributed by atoms with Gasteiger partial charge in [-0.15, -0.1) is 0 Å². The summed E-state index contributed by atoms with van der Waals surface area (Å²) in [6.07, 6.45) is 4.56. The van der Waals surface area contributed by atoms with Crippen LogP contribution in [-0.2, 0) is 4.79 Å². The van der Waals surface area contributed by atoms with Crippen LogP contribution in [0.5, 0.6) is 0 Å². The molecule has 0 aromatic rings. The molecule has 0 spiro atoms. The largest absolute Gasteiger partial charge is 0.481 e. The SMILES string of the molecule is CN(CC1CC(O)C1)C(=O)NCC1CCC(C(=O)O)CC1. The van der Waals surface area contributed by atoms with Crippen molar-refractivity contribution in [1.82, 2.24) is 10.2 Å². The number of aliphatic hydroxyl groups is 1. The Labute approximate surface area is 125 Å². The number of carbonyl (C=O) groups excluding carboxylic acids is 1. The highest BCUT2D eigenvalue weighted by Crippen LogP contribution is 2.29. The predicted molar refractivity (Wildman–Crippen MR) is 77.8 cm³/mol. The fourth-order valence-electron chi connectivity index (χ4n) is 3.30. The zero-order valence-corrected chi connectivity index (χ0v) is 12.6. The fourth-order valence-corrected chi connectivity index (χ4v) is 3.30. The zero-order valence-electron chi connectivity index (χ0n) is 12.6. The van der Waals surface area contributed by atoms with Gasteiger partial charge in [-0.2, -0.15) is 0 Å². The van der Waals surface area contributed by atoms with Crippen LogP contribution in [0.25, 0.3) is 0 Å². The summed E-state index contributed by atoms with van der Waals surface area (Å²) < 4.78 is 0. The van der Waals surface area contributed by atoms with Crippen LogP contribution in [0.1, 0.15) is 38.5 Å². The Hall–Kier alpha value is -1.30. The van der Waals surface area contributed by atoms with Gasteiger partial charge in [0.05, 0.1) is 12.0 Å². The normalized spacial score (nSPS) is 32.1. The number of carboxylic acid groups (broad SMARTS) is 1. The Balaban J connectivity index is 1.61. The molecule has 0 unspecified atom stereocenters. The van der Waals surface area contributed by atoms with Gasteiger partial charge in [0, 0.05) is 20.1 Å². The third kappa shape index (κ3) is 4.59. The van der Waals surface area contributed by atoms with Gasteiger partial charge in [0.1, 0.15) is 0 Å². The van der Waals surface area contributed by atoms with E-state index in [1.807, 2.05) is 0 Å². The summed E-state index contributed by atoms with van der Waals surface area (Å²) in [5, 5.41) is 21.1. The second-order valence-corrected chi connectivity index (χ2v) is 6.61. The molecular weight excluding hydrogens is 272 g/mol. The van der Waals surface area contributed by atoms with E-state index < -0.39 is 5.97 Å². The number of hydrogen-bond acceptors (Lipinski definition) is 3. The van der Waals surface area contributed by atoms with Crippen LogP contribution in [0, 0.1) is 17.8 Å². The number of hydrogen-bond donors (Lipinski definition) is 3. The third-order valence-corrected chi connectivity index (χ3v) is 4.83. The van der Waals surface area contributed by atoms with Crippen molar-refractivity contribution in [1.29, 1.82) is 0 Å². The van der Waals surface area contributed by atoms with Gasteiger partial charge >= 0.3 is 12.0 Å². The Morgan fingerprint density at radius 1 is 1.14 bits per heavy atom. The fraction of sp³-hybridized carbons (Fsp3) is 0.867. The van der Waals surface area contributed by atoms with E-state index in [1.165, 1.54) is 0 Å². The highest BCUT2D eigenvalue weighted by Gasteiger charge is 2.29. The minimum absolute atomic E-state index is 0.0725. The molecular formula is C15H26N2O4. The Morgan fingerprint density at radius 3 is 2.29 bits per heavy atom. The number of nitrogens with one attached hydrogen (secondary N) is 1. The molecule has 21 heavy (non-hydrogen) atoms. The third-order valence-electron chi connectivity index (χ3n) is 4.83. The molecule has 0 aromatic carbocycles. The van der Waals surface area contributed by atoms with Gasteiger partial charge in [-0.3, -0.25) is 4.79 Å². The highest BCUT2D eigenvalue weighted by molar-refractivity contribution is 5.73. The van der Waals surface area contributed by atoms with E-state index in [0.717, 1.165) is 25.7 Å². The molecule has 0 aromatic heterocycles. The van der Waals surface area contributed by atoms with Gasteiger partial charge in [-0.1, -0.05) is 0 Å². The Bertz CT molecular complexity index is 374. The van der Waals surface area contributed by atoms with Crippen molar-refractivity contribution in [3.05, 3.63) is 0 Å². The quantitative estimate of drug-likeness (QED) is 0.713. The van der Waals surface area contributed by atoms with Crippen molar-refractivity contribution in [2.75, 3.05) is 20.1 Å². The van der Waals surface area contributed by atoms with Crippen LogP contribution in [0.2, 0.25) is 0 Å². The first-order valence-electron chi connectivity index (χ1n) is 7.85. The second-order valence-electron chi connectivity index (χ2n) is 6.61. The summed E-state index contributed by atoms with van der Waals surface area (Å²) in [6.45, 7) is 1.32. The number of carbonyl (C=O) groups is 2. The van der Waals surface area contributed by atoms with Crippen LogP contribution in [-0.4, -0.2) is 53.4 Å². The first kappa shape index (κ1) is 16.1. The molecule has 0 atom stereocenters. The van der Waals surface area contributed by atoms with Crippen molar-refractivity contribution >= 4 is 12.0 Å². The maximum atomic E-state index is 12.0. The van der Waals surface area contributed by atoms with E-state index in [0.29, 0.717) is 37.8 Å². The summed E-state index contributed by atoms with van der Waals surface area (Å²) >= 11 is 0. The summed E-state index contributed by atoms with van der Waals surface area (Å²) in [7, 11) is 1.78. The molecule has 2 amide bonds. The average Bonchev–Trinajstić information content (AvgIpc) is 2.43. The molecule has 2 fully saturated rings. The summed E-state index contributed by atoms with van der Waals surface area (Å²) in [5.41, 5.74) is 0. The highest BCUT2D eigenvalue weighted by atomic mass is 16.4. The molecule has 0 aliphatic heterocycles. The Kier molecular flexibility index (Phi) is 5.45. The monoisotopic (exact) mass is 298 g/mol. The van der Waals surface area contributed by atoms with E-state index in [4.69, 9.17) is 5.11 Å². The predicted octanol–water partition coefficient (Wildman–Crippen LogP) is 1.29. The van der Waals surface area contributed by atoms with Crippen molar-refractivity contribution in [2.24, 2.45) is 17.8 Å². The van der Waals surface area contributed by atoms with Crippen molar-refractivity contribution < 1.29 is 19.8 Å². The minimum Gasteiger partial charge on any atom is -0.481 e. The molecule has 2 saturated carbocycles. The van der Waals surface area contributed by atoms with Gasteiger partial charge < -0.3 is 20.4 Å². The number of nitrogens with zero attached hydrogens (tertiary/aromatic N) is 1. The molecule has 0 heterocycles. The summed E-state index contributed by atoms with van der Waals surface area (Å²) in [6, 6.07) is -0.0725. The lowest BCUT2D eigenvalue weighted by Gasteiger charge is -2.34. The van der Waals surface area contributed by atoms with Crippen molar-refractivity contribution in [3.8, 4) is 0 Å². The molecule has 6 nitrogen and oxygen atoms in total. The smallest absolute Gasteiger partial charge is 0.317 e. The van der Waals surface area contributed by atoms with Crippen molar-refractivity contribution in [2.45, 2.75) is 44.6 Å². The topological polar surface area (TPSA) is 89.9 Å². The first-order chi connectivity index (χ1) is 9.95. The van der Waals surface area contributed by atoms with Gasteiger partial charge in [-0.05, 0) is 50.4 Å². The van der Waals surface area contributed by atoms with Gasteiger partial charge in [0.2, 0.25) is 0 Å². The van der Waals surface area contributed by atoms with Crippen LogP contribution in [0.4, 0.5) is 4.79 Å². The maximum absolute atomic E-state index is 12.0. The minimum atomic E-state index is -0.695. The molecule has 0 saturated heterocycles. The van der Waals surface area contributed by atoms with Crippen molar-refractivity contribution in [3.63, 3.8) is 0 Å². The molecule has 6 heteroatoms. The second kappa shape index (κ2) is 7.11. The van der Waals surface area contributed by atoms with Gasteiger partial charge in [0.25, 0.3) is 0 Å². The standard InChI is InChI=1S/C15H26N2O4/c1-17(9-11-6-13(18)7-11)15(21)16-8-10-2-4-12(5-3-10)14(19)20/h10-13,18H,2-9H2,1H3,(H,16,21)(H,19,20). The lowest BCUT2D eigenvalue weighted by Crippen LogP contribution is -2.45. The lowest BCUT2D eigenvalue weighted by molar-refractivity contribution is -0.143. The number of carboxylic acids is 1. The van der Waals surface area contributed by atoms with E-state index in [1.54, 1.807) is 11.9 Å². The molecule has 2 rings (SSSR count). The van der Waals surface area contributed by atoms with E-state index in [2.05, 4.69) is 5.32 Å². The number of urea groups is 1. The molecule has 0 radical (unpaired) electrons. The molecule has 0 bridgehead atoms. The molecule has 120 valence electrons. The van der Waals surface area contributed by atoms with E-state index in [-0.39, 0.29) is 18.1 Å². The Morgan fingerprint density at radius 2 is 1.76 bits per heavy atom. The first-order valence-corrected chi connectivity index (χ1v) is 7.85. The van der Waals surface area contributed by atoms with Gasteiger partial charge in [-0.25, -0.2) is 4.79 Å². The number of amides is 2. The van der Waals surface area contributed by atoms with E-state index in [9.17, 15) is 14.7 Å². The van der Waals surface area contributed by atoms with Crippen LogP contribution < -0.4 is 5.32 Å². The maximum Gasteiger partial charge on any atom is 0.317 e. The van der Waals surface area contributed by atoms with Crippen LogP contribution >= 0.6 is 0 Å². The lowest BCUT2D eigenvalue weighted by atomic mass is 9.82. The van der Waals surface area contributed by atoms with E-state index >= 15 is 0 Å². The summed E-state index contributed by atoms with van der Waals surface area (Å²) in [4.78, 5) is 24.5. The molecule has 3 N–H and O–H groups in total. The average molecular weight is 298 g/mol. The zero-order chi connectivity index (χ0) is 15.4. The van der Waals surface area contributed by atoms with Crippen LogP contribution in [0.3, 0.4) is 0 Å². The molecule has 2 aliphatic rings. The molecule has 2 aliphatic carbocycles. The number of aliphatic hydroxyl groups excluding tert-OH is 1. The number of aliphatic carboxylic acids is 1. The summed E-state index contributed by atoms with van der Waals surface area (Å²) in [5.74, 6) is -0.0881. The van der Waals surface area contributed by atoms with Crippen LogP contribution in [0.15, 0.2) is 0 Å². The van der Waals surface area contributed by atoms with Gasteiger partial charge in [0.15, 0.2) is 0 Å².